The number of aromatic nitrogens is 2. The van der Waals surface area contributed by atoms with Crippen LogP contribution < -0.4 is 25.8 Å². The molecular formula is C25H31N5O3. The van der Waals surface area contributed by atoms with Crippen LogP contribution >= 0.6 is 0 Å². The van der Waals surface area contributed by atoms with Gasteiger partial charge in [-0.25, -0.2) is 4.98 Å². The molecule has 1 aromatic carbocycles. The van der Waals surface area contributed by atoms with Crippen molar-refractivity contribution in [2.24, 2.45) is 5.73 Å². The molecule has 3 heterocycles. The Bertz CT molecular complexity index is 1190. The highest BCUT2D eigenvalue weighted by Crippen LogP contribution is 2.39. The molecule has 0 saturated heterocycles. The number of nitrogens with two attached hydrogens (primary N) is 1. The van der Waals surface area contributed by atoms with Gasteiger partial charge in [0, 0.05) is 29.4 Å². The fourth-order valence-electron chi connectivity index (χ4n) is 4.49. The first-order chi connectivity index (χ1) is 15.8. The highest BCUT2D eigenvalue weighted by atomic mass is 16.7. The number of nitrogens with one attached hydrogen (secondary N) is 2. The van der Waals surface area contributed by atoms with Gasteiger partial charge in [-0.2, -0.15) is 0 Å². The summed E-state index contributed by atoms with van der Waals surface area (Å²) in [5, 5.41) is 6.77. The number of imidazole rings is 1. The minimum absolute atomic E-state index is 0.106. The van der Waals surface area contributed by atoms with Gasteiger partial charge in [0.2, 0.25) is 6.79 Å². The number of carbonyl (C=O) groups is 1. The summed E-state index contributed by atoms with van der Waals surface area (Å²) < 4.78 is 13.0. The van der Waals surface area contributed by atoms with Crippen molar-refractivity contribution in [3.8, 4) is 22.8 Å². The van der Waals surface area contributed by atoms with E-state index in [-0.39, 0.29) is 30.3 Å². The number of hydrogen-bond donors (Lipinski definition) is 3. The number of pyridine rings is 1. The van der Waals surface area contributed by atoms with Crippen molar-refractivity contribution in [3.63, 3.8) is 0 Å². The quantitative estimate of drug-likeness (QED) is 0.558. The van der Waals surface area contributed by atoms with Crippen molar-refractivity contribution in [3.05, 3.63) is 42.1 Å². The third-order valence-electron chi connectivity index (χ3n) is 6.14. The lowest BCUT2D eigenvalue weighted by molar-refractivity contribution is 0.0927. The fourth-order valence-corrected chi connectivity index (χ4v) is 4.49. The third kappa shape index (κ3) is 4.35. The average Bonchev–Trinajstić information content (AvgIpc) is 3.38. The number of amides is 1. The molecule has 8 heteroatoms. The SMILES string of the molecule is CC(C)(C)Nc1c(-c2ccc3c(c2)OCO3)nc2c(C(=O)NC3CCC(N)CC3)cccn12. The van der Waals surface area contributed by atoms with Gasteiger partial charge in [-0.05, 0) is 76.8 Å². The standard InChI is InChI=1S/C25H31N5O3/c1-25(2,3)29-23-21(15-6-11-19-20(13-15)33-14-32-19)28-22-18(5-4-12-30(22)23)24(31)27-17-9-7-16(26)8-10-17/h4-6,11-13,16-17,29H,7-10,14,26H2,1-3H3,(H,27,31). The molecule has 2 aromatic heterocycles. The molecule has 33 heavy (non-hydrogen) atoms. The number of benzene rings is 1. The van der Waals surface area contributed by atoms with Gasteiger partial charge < -0.3 is 25.8 Å². The summed E-state index contributed by atoms with van der Waals surface area (Å²) in [5.41, 5.74) is 8.63. The van der Waals surface area contributed by atoms with Crippen molar-refractivity contribution in [1.29, 1.82) is 0 Å². The number of nitrogens with zero attached hydrogens (tertiary/aromatic N) is 2. The fraction of sp³-hybridized carbons (Fsp3) is 0.440. The summed E-state index contributed by atoms with van der Waals surface area (Å²) in [4.78, 5) is 18.2. The van der Waals surface area contributed by atoms with E-state index in [9.17, 15) is 4.79 Å². The van der Waals surface area contributed by atoms with E-state index in [2.05, 4.69) is 31.4 Å². The zero-order valence-electron chi connectivity index (χ0n) is 19.4. The summed E-state index contributed by atoms with van der Waals surface area (Å²) in [5.74, 6) is 2.14. The monoisotopic (exact) mass is 449 g/mol. The van der Waals surface area contributed by atoms with E-state index in [0.717, 1.165) is 48.5 Å². The Labute approximate surface area is 193 Å². The highest BCUT2D eigenvalue weighted by Gasteiger charge is 2.26. The molecule has 0 spiro atoms. The Hall–Kier alpha value is -3.26. The Kier molecular flexibility index (Phi) is 5.40. The molecule has 1 aliphatic heterocycles. The summed E-state index contributed by atoms with van der Waals surface area (Å²) in [6.07, 6.45) is 5.62. The van der Waals surface area contributed by atoms with Crippen LogP contribution in [-0.4, -0.2) is 39.7 Å². The van der Waals surface area contributed by atoms with Gasteiger partial charge in [-0.3, -0.25) is 9.20 Å². The van der Waals surface area contributed by atoms with Gasteiger partial charge >= 0.3 is 0 Å². The number of carbonyl (C=O) groups excluding carboxylic acids is 1. The first kappa shape index (κ1) is 21.6. The molecule has 1 saturated carbocycles. The van der Waals surface area contributed by atoms with Gasteiger partial charge in [0.05, 0.1) is 5.56 Å². The third-order valence-corrected chi connectivity index (χ3v) is 6.14. The van der Waals surface area contributed by atoms with Crippen LogP contribution in [0.4, 0.5) is 5.82 Å². The van der Waals surface area contributed by atoms with Crippen LogP contribution in [0.3, 0.4) is 0 Å². The molecule has 0 radical (unpaired) electrons. The molecule has 1 aliphatic carbocycles. The van der Waals surface area contributed by atoms with Crippen molar-refractivity contribution >= 4 is 17.4 Å². The van der Waals surface area contributed by atoms with Gasteiger partial charge in [0.25, 0.3) is 5.91 Å². The lowest BCUT2D eigenvalue weighted by atomic mass is 9.91. The van der Waals surface area contributed by atoms with Crippen LogP contribution in [0.15, 0.2) is 36.5 Å². The molecule has 0 bridgehead atoms. The molecule has 174 valence electrons. The molecule has 4 N–H and O–H groups in total. The molecule has 5 rings (SSSR count). The lowest BCUT2D eigenvalue weighted by Gasteiger charge is -2.26. The number of ether oxygens (including phenoxy) is 2. The topological polar surface area (TPSA) is 103 Å². The number of rotatable bonds is 4. The van der Waals surface area contributed by atoms with Crippen molar-refractivity contribution in [1.82, 2.24) is 14.7 Å². The summed E-state index contributed by atoms with van der Waals surface area (Å²) >= 11 is 0. The molecule has 3 aromatic rings. The molecule has 0 atom stereocenters. The van der Waals surface area contributed by atoms with Crippen LogP contribution in [-0.2, 0) is 0 Å². The summed E-state index contributed by atoms with van der Waals surface area (Å²) in [6, 6.07) is 9.90. The average molecular weight is 450 g/mol. The molecule has 1 amide bonds. The van der Waals surface area contributed by atoms with Gasteiger partial charge in [-0.1, -0.05) is 0 Å². The van der Waals surface area contributed by atoms with E-state index in [0.29, 0.717) is 17.0 Å². The predicted molar refractivity (Wildman–Crippen MR) is 128 cm³/mol. The number of anilines is 1. The van der Waals surface area contributed by atoms with Crippen molar-refractivity contribution < 1.29 is 14.3 Å². The Balaban J connectivity index is 1.56. The number of hydrogen-bond acceptors (Lipinski definition) is 6. The molecule has 1 fully saturated rings. The van der Waals surface area contributed by atoms with Crippen molar-refractivity contribution in [2.45, 2.75) is 64.1 Å². The van der Waals surface area contributed by atoms with E-state index in [1.807, 2.05) is 40.9 Å². The van der Waals surface area contributed by atoms with Gasteiger partial charge in [0.1, 0.15) is 11.5 Å². The zero-order valence-corrected chi connectivity index (χ0v) is 19.4. The first-order valence-corrected chi connectivity index (χ1v) is 11.5. The zero-order chi connectivity index (χ0) is 23.2. The predicted octanol–water partition coefficient (Wildman–Crippen LogP) is 3.94. The molecule has 8 nitrogen and oxygen atoms in total. The van der Waals surface area contributed by atoms with Crippen LogP contribution in [0.5, 0.6) is 11.5 Å². The van der Waals surface area contributed by atoms with Gasteiger partial charge in [-0.15, -0.1) is 0 Å². The Morgan fingerprint density at radius 2 is 1.88 bits per heavy atom. The largest absolute Gasteiger partial charge is 0.454 e. The maximum absolute atomic E-state index is 13.3. The number of fused-ring (bicyclic) bond motifs is 2. The molecular weight excluding hydrogens is 418 g/mol. The first-order valence-electron chi connectivity index (χ1n) is 11.5. The molecule has 0 unspecified atom stereocenters. The second kappa shape index (κ2) is 8.26. The van der Waals surface area contributed by atoms with Crippen LogP contribution in [0.2, 0.25) is 0 Å². The van der Waals surface area contributed by atoms with Crippen LogP contribution in [0, 0.1) is 0 Å². The lowest BCUT2D eigenvalue weighted by Crippen LogP contribution is -2.40. The van der Waals surface area contributed by atoms with Crippen molar-refractivity contribution in [2.75, 3.05) is 12.1 Å². The van der Waals surface area contributed by atoms with E-state index in [1.54, 1.807) is 0 Å². The maximum atomic E-state index is 13.3. The minimum Gasteiger partial charge on any atom is -0.454 e. The Morgan fingerprint density at radius 1 is 1.12 bits per heavy atom. The van der Waals surface area contributed by atoms with Gasteiger partial charge in [0.15, 0.2) is 17.1 Å². The van der Waals surface area contributed by atoms with E-state index < -0.39 is 0 Å². The molecule has 2 aliphatic rings. The summed E-state index contributed by atoms with van der Waals surface area (Å²) in [7, 11) is 0. The normalized spacial score (nSPS) is 20.1. The Morgan fingerprint density at radius 3 is 2.64 bits per heavy atom. The second-order valence-electron chi connectivity index (χ2n) is 9.95. The van der Waals surface area contributed by atoms with E-state index in [1.165, 1.54) is 0 Å². The minimum atomic E-state index is -0.208. The summed E-state index contributed by atoms with van der Waals surface area (Å²) in [6.45, 7) is 6.51. The van der Waals surface area contributed by atoms with Crippen LogP contribution in [0.1, 0.15) is 56.8 Å². The van der Waals surface area contributed by atoms with E-state index in [4.69, 9.17) is 20.2 Å². The second-order valence-corrected chi connectivity index (χ2v) is 9.95. The maximum Gasteiger partial charge on any atom is 0.255 e. The highest BCUT2D eigenvalue weighted by molar-refractivity contribution is 6.01. The smallest absolute Gasteiger partial charge is 0.255 e. The van der Waals surface area contributed by atoms with E-state index >= 15 is 0 Å². The van der Waals surface area contributed by atoms with Crippen LogP contribution in [0.25, 0.3) is 16.9 Å².